The minimum absolute atomic E-state index is 0.0628. The lowest BCUT2D eigenvalue weighted by Gasteiger charge is -2.17. The number of alkyl halides is 3. The van der Waals surface area contributed by atoms with E-state index < -0.39 is 12.5 Å². The summed E-state index contributed by atoms with van der Waals surface area (Å²) < 4.78 is 44.7. The van der Waals surface area contributed by atoms with Crippen molar-refractivity contribution in [3.8, 4) is 11.1 Å². The predicted octanol–water partition coefficient (Wildman–Crippen LogP) is 4.82. The second kappa shape index (κ2) is 9.05. The van der Waals surface area contributed by atoms with Crippen LogP contribution in [0.4, 0.5) is 23.8 Å². The molecule has 3 aromatic heterocycles. The van der Waals surface area contributed by atoms with Gasteiger partial charge < -0.3 is 15.4 Å². The van der Waals surface area contributed by atoms with Crippen LogP contribution in [-0.4, -0.2) is 54.8 Å². The summed E-state index contributed by atoms with van der Waals surface area (Å²) >= 11 is 0. The molecular weight excluding hydrogens is 499 g/mol. The van der Waals surface area contributed by atoms with E-state index >= 15 is 0 Å². The summed E-state index contributed by atoms with van der Waals surface area (Å²) in [4.78, 5) is 17.1. The summed E-state index contributed by atoms with van der Waals surface area (Å²) in [5, 5.41) is 10.1. The van der Waals surface area contributed by atoms with Crippen LogP contribution in [0, 0.1) is 0 Å². The number of amides is 1. The molecule has 5 aromatic rings. The monoisotopic (exact) mass is 521 g/mol. The predicted molar refractivity (Wildman–Crippen MR) is 133 cm³/mol. The Hall–Kier alpha value is -4.61. The first-order chi connectivity index (χ1) is 18.2. The average molecular weight is 522 g/mol. The molecule has 2 N–H and O–H groups in total. The van der Waals surface area contributed by atoms with Gasteiger partial charge in [0, 0.05) is 41.8 Å². The largest absolute Gasteiger partial charge is 0.576 e. The van der Waals surface area contributed by atoms with Crippen LogP contribution in [0.15, 0.2) is 67.1 Å². The number of rotatable bonds is 4. The van der Waals surface area contributed by atoms with Crippen LogP contribution in [0.3, 0.4) is 0 Å². The number of hydrogen-bond donors (Lipinski definition) is 1. The third kappa shape index (κ3) is 4.49. The highest BCUT2D eigenvalue weighted by Crippen LogP contribution is 2.37. The van der Waals surface area contributed by atoms with Gasteiger partial charge in [-0.3, -0.25) is 4.68 Å². The number of carbonyl (C=O) groups excluding carboxylic acids is 1. The van der Waals surface area contributed by atoms with Crippen molar-refractivity contribution in [2.45, 2.75) is 25.2 Å². The Morgan fingerprint density at radius 2 is 1.95 bits per heavy atom. The first kappa shape index (κ1) is 23.8. The molecule has 0 bridgehead atoms. The number of halogens is 3. The molecule has 1 unspecified atom stereocenters. The van der Waals surface area contributed by atoms with Crippen molar-refractivity contribution in [2.24, 2.45) is 0 Å². The lowest BCUT2D eigenvalue weighted by Crippen LogP contribution is -2.33. The number of carbonyl (C=O) groups is 1. The highest BCUT2D eigenvalue weighted by molar-refractivity contribution is 5.92. The van der Waals surface area contributed by atoms with Gasteiger partial charge in [0.1, 0.15) is 11.8 Å². The number of anilines is 1. The quantitative estimate of drug-likeness (QED) is 0.364. The Morgan fingerprint density at radius 3 is 2.74 bits per heavy atom. The Labute approximate surface area is 214 Å². The van der Waals surface area contributed by atoms with Crippen molar-refractivity contribution >= 4 is 28.3 Å². The highest BCUT2D eigenvalue weighted by Gasteiger charge is 2.39. The summed E-state index contributed by atoms with van der Waals surface area (Å²) in [5.74, 6) is 0.00225. The van der Waals surface area contributed by atoms with Gasteiger partial charge in [-0.15, -0.1) is 13.2 Å². The van der Waals surface area contributed by atoms with Gasteiger partial charge in [-0.2, -0.15) is 10.2 Å². The zero-order valence-electron chi connectivity index (χ0n) is 20.0. The van der Waals surface area contributed by atoms with E-state index in [1.54, 1.807) is 4.52 Å². The smallest absolute Gasteiger partial charge is 0.382 e. The van der Waals surface area contributed by atoms with Crippen molar-refractivity contribution in [2.75, 3.05) is 18.8 Å². The van der Waals surface area contributed by atoms with E-state index in [2.05, 4.69) is 14.8 Å². The number of nitrogens with two attached hydrogens (primary N) is 1. The van der Waals surface area contributed by atoms with Gasteiger partial charge in [0.25, 0.3) is 0 Å². The molecular formula is C26H22F3N7O2. The van der Waals surface area contributed by atoms with E-state index in [1.807, 2.05) is 65.5 Å². The van der Waals surface area contributed by atoms with E-state index in [0.29, 0.717) is 18.5 Å². The number of hydrogen-bond acceptors (Lipinski definition) is 6. The zero-order chi connectivity index (χ0) is 26.4. The molecule has 2 aromatic carbocycles. The van der Waals surface area contributed by atoms with Gasteiger partial charge in [0.05, 0.1) is 12.1 Å². The Bertz CT molecular complexity index is 1650. The van der Waals surface area contributed by atoms with Crippen LogP contribution in [0.1, 0.15) is 23.6 Å². The normalized spacial score (nSPS) is 16.0. The Morgan fingerprint density at radius 1 is 1.13 bits per heavy atom. The van der Waals surface area contributed by atoms with Crippen LogP contribution < -0.4 is 5.73 Å². The summed E-state index contributed by atoms with van der Waals surface area (Å²) in [6.45, 7) is 0.834. The molecule has 9 nitrogen and oxygen atoms in total. The number of nitrogen functional groups attached to an aromatic ring is 1. The molecule has 1 atom stereocenters. The lowest BCUT2D eigenvalue weighted by atomic mass is 10.0. The maximum atomic E-state index is 12.5. The van der Waals surface area contributed by atoms with Crippen LogP contribution in [0.25, 0.3) is 27.5 Å². The second-order valence-electron chi connectivity index (χ2n) is 9.22. The van der Waals surface area contributed by atoms with Gasteiger partial charge in [0.15, 0.2) is 5.82 Å². The zero-order valence-corrected chi connectivity index (χ0v) is 20.0. The van der Waals surface area contributed by atoms with Crippen LogP contribution in [0.5, 0.6) is 0 Å². The summed E-state index contributed by atoms with van der Waals surface area (Å²) in [6.07, 6.45) is -2.68. The second-order valence-corrected chi connectivity index (χ2v) is 9.22. The third-order valence-corrected chi connectivity index (χ3v) is 6.73. The molecule has 6 rings (SSSR count). The lowest BCUT2D eigenvalue weighted by molar-refractivity contribution is -0.294. The summed E-state index contributed by atoms with van der Waals surface area (Å²) in [5.41, 5.74) is 11.1. The molecule has 0 radical (unpaired) electrons. The van der Waals surface area contributed by atoms with Crippen LogP contribution in [0.2, 0.25) is 0 Å². The molecule has 0 aliphatic carbocycles. The molecule has 0 saturated carbocycles. The topological polar surface area (TPSA) is 104 Å². The van der Waals surface area contributed by atoms with Crippen molar-refractivity contribution in [1.29, 1.82) is 0 Å². The van der Waals surface area contributed by atoms with E-state index in [0.717, 1.165) is 38.2 Å². The third-order valence-electron chi connectivity index (χ3n) is 6.73. The fraction of sp³-hybridized carbons (Fsp3) is 0.231. The number of nitrogens with zero attached hydrogens (tertiary/aromatic N) is 6. The fourth-order valence-corrected chi connectivity index (χ4v) is 5.02. The molecule has 0 spiro atoms. The van der Waals surface area contributed by atoms with E-state index in [9.17, 15) is 18.0 Å². The molecule has 38 heavy (non-hydrogen) atoms. The number of benzene rings is 2. The van der Waals surface area contributed by atoms with Crippen molar-refractivity contribution in [3.63, 3.8) is 0 Å². The molecule has 1 aliphatic heterocycles. The van der Waals surface area contributed by atoms with E-state index in [4.69, 9.17) is 10.8 Å². The van der Waals surface area contributed by atoms with Crippen molar-refractivity contribution < 1.29 is 22.7 Å². The molecule has 12 heteroatoms. The average Bonchev–Trinajstić information content (AvgIpc) is 3.60. The summed E-state index contributed by atoms with van der Waals surface area (Å²) in [7, 11) is 0. The van der Waals surface area contributed by atoms with E-state index in [1.165, 1.54) is 6.33 Å². The van der Waals surface area contributed by atoms with Gasteiger partial charge in [-0.25, -0.2) is 14.3 Å². The fourth-order valence-electron chi connectivity index (χ4n) is 5.02. The standard InChI is InChI=1S/C26H22F3N7O2/c27-26(28,29)38-25(37)34-9-8-19(13-34)22-11-20(23-24(30)31-15-32-36(22)23)17-6-7-18-14-35(33-21(18)10-17)12-16-4-2-1-3-5-16/h1-7,10-11,14-15,19H,8-9,12-13H2,(H2,30,31,32). The maximum absolute atomic E-state index is 12.5. The minimum atomic E-state index is -5.03. The van der Waals surface area contributed by atoms with Gasteiger partial charge in [-0.05, 0) is 29.7 Å². The molecule has 1 amide bonds. The van der Waals surface area contributed by atoms with Gasteiger partial charge in [0.2, 0.25) is 0 Å². The molecule has 1 aliphatic rings. The van der Waals surface area contributed by atoms with E-state index in [-0.39, 0.29) is 24.8 Å². The minimum Gasteiger partial charge on any atom is -0.382 e. The van der Waals surface area contributed by atoms with Crippen LogP contribution in [-0.2, 0) is 11.3 Å². The van der Waals surface area contributed by atoms with Crippen molar-refractivity contribution in [1.82, 2.24) is 29.3 Å². The highest BCUT2D eigenvalue weighted by atomic mass is 19.4. The molecule has 4 heterocycles. The number of fused-ring (bicyclic) bond motifs is 2. The molecule has 194 valence electrons. The van der Waals surface area contributed by atoms with Gasteiger partial charge >= 0.3 is 12.5 Å². The van der Waals surface area contributed by atoms with Crippen molar-refractivity contribution in [3.05, 3.63) is 78.4 Å². The Kier molecular flexibility index (Phi) is 5.66. The van der Waals surface area contributed by atoms with Gasteiger partial charge in [-0.1, -0.05) is 42.5 Å². The first-order valence-corrected chi connectivity index (χ1v) is 11.9. The number of likely N-dealkylation sites (tertiary alicyclic amines) is 1. The molecule has 1 fully saturated rings. The summed E-state index contributed by atoms with van der Waals surface area (Å²) in [6, 6.07) is 17.8. The maximum Gasteiger partial charge on any atom is 0.576 e. The first-order valence-electron chi connectivity index (χ1n) is 11.9. The molecule has 1 saturated heterocycles. The number of ether oxygens (including phenoxy) is 1. The van der Waals surface area contributed by atoms with Crippen LogP contribution >= 0.6 is 0 Å². The number of aromatic nitrogens is 5. The SMILES string of the molecule is Nc1ncnn2c(C3CCN(C(=O)OC(F)(F)F)C3)cc(-c3ccc4cn(Cc5ccccc5)nc4c3)c12. The Balaban J connectivity index is 1.34.